The SMILES string of the molecule is CCC(C)CSCc1cccc(CSCC(C)C)c1. The van der Waals surface area contributed by atoms with Gasteiger partial charge in [-0.15, -0.1) is 0 Å². The van der Waals surface area contributed by atoms with Gasteiger partial charge in [0.15, 0.2) is 0 Å². The van der Waals surface area contributed by atoms with Crippen LogP contribution in [-0.2, 0) is 11.5 Å². The topological polar surface area (TPSA) is 0 Å². The number of hydrogen-bond donors (Lipinski definition) is 0. The van der Waals surface area contributed by atoms with Crippen LogP contribution in [0.25, 0.3) is 0 Å². The first-order valence-electron chi connectivity index (χ1n) is 7.35. The molecule has 0 aliphatic rings. The molecule has 0 heterocycles. The van der Waals surface area contributed by atoms with Crippen molar-refractivity contribution >= 4 is 23.5 Å². The van der Waals surface area contributed by atoms with E-state index < -0.39 is 0 Å². The number of rotatable bonds is 9. The highest BCUT2D eigenvalue weighted by Crippen LogP contribution is 2.20. The Bertz CT molecular complexity index is 347. The van der Waals surface area contributed by atoms with E-state index in [-0.39, 0.29) is 0 Å². The Morgan fingerprint density at radius 1 is 0.947 bits per heavy atom. The predicted octanol–water partition coefficient (Wildman–Crippen LogP) is 5.86. The molecule has 0 saturated carbocycles. The second kappa shape index (κ2) is 9.77. The maximum atomic E-state index is 2.39. The van der Waals surface area contributed by atoms with Crippen molar-refractivity contribution in [2.45, 2.75) is 45.6 Å². The van der Waals surface area contributed by atoms with E-state index in [1.54, 1.807) is 0 Å². The van der Waals surface area contributed by atoms with Crippen molar-refractivity contribution in [3.63, 3.8) is 0 Å². The van der Waals surface area contributed by atoms with Crippen LogP contribution >= 0.6 is 23.5 Å². The molecule has 0 fully saturated rings. The summed E-state index contributed by atoms with van der Waals surface area (Å²) in [5, 5.41) is 0. The fourth-order valence-electron chi connectivity index (χ4n) is 1.72. The van der Waals surface area contributed by atoms with Crippen LogP contribution in [0.5, 0.6) is 0 Å². The Balaban J connectivity index is 2.35. The summed E-state index contributed by atoms with van der Waals surface area (Å²) >= 11 is 4.12. The van der Waals surface area contributed by atoms with E-state index in [1.807, 2.05) is 11.8 Å². The zero-order valence-electron chi connectivity index (χ0n) is 12.8. The second-order valence-corrected chi connectivity index (χ2v) is 7.82. The van der Waals surface area contributed by atoms with E-state index in [4.69, 9.17) is 0 Å². The van der Waals surface area contributed by atoms with Crippen molar-refractivity contribution in [1.82, 2.24) is 0 Å². The minimum atomic E-state index is 0.791. The molecule has 1 atom stereocenters. The minimum absolute atomic E-state index is 0.791. The fraction of sp³-hybridized carbons (Fsp3) is 0.647. The molecule has 0 saturated heterocycles. The third kappa shape index (κ3) is 7.94. The van der Waals surface area contributed by atoms with Crippen molar-refractivity contribution in [2.75, 3.05) is 11.5 Å². The van der Waals surface area contributed by atoms with E-state index in [0.29, 0.717) is 0 Å². The first-order valence-corrected chi connectivity index (χ1v) is 9.66. The lowest BCUT2D eigenvalue weighted by molar-refractivity contribution is 0.637. The van der Waals surface area contributed by atoms with Gasteiger partial charge in [0, 0.05) is 11.5 Å². The molecule has 1 aromatic carbocycles. The Hall–Kier alpha value is -0.0800. The van der Waals surface area contributed by atoms with Gasteiger partial charge in [-0.1, -0.05) is 58.4 Å². The molecule has 0 radical (unpaired) electrons. The molecule has 0 amide bonds. The Morgan fingerprint density at radius 3 is 2.05 bits per heavy atom. The van der Waals surface area contributed by atoms with Gasteiger partial charge in [0.25, 0.3) is 0 Å². The van der Waals surface area contributed by atoms with Crippen LogP contribution in [0.4, 0.5) is 0 Å². The van der Waals surface area contributed by atoms with Crippen LogP contribution in [-0.4, -0.2) is 11.5 Å². The van der Waals surface area contributed by atoms with Gasteiger partial charge in [-0.3, -0.25) is 0 Å². The highest BCUT2D eigenvalue weighted by Gasteiger charge is 2.01. The largest absolute Gasteiger partial charge is 0.157 e. The lowest BCUT2D eigenvalue weighted by Crippen LogP contribution is -1.96. The summed E-state index contributed by atoms with van der Waals surface area (Å²) < 4.78 is 0. The number of thioether (sulfide) groups is 2. The average molecular weight is 297 g/mol. The molecule has 0 aromatic heterocycles. The smallest absolute Gasteiger partial charge is 0.0184 e. The maximum Gasteiger partial charge on any atom is 0.0184 e. The van der Waals surface area contributed by atoms with E-state index >= 15 is 0 Å². The van der Waals surface area contributed by atoms with Crippen LogP contribution < -0.4 is 0 Å². The molecule has 1 unspecified atom stereocenters. The summed E-state index contributed by atoms with van der Waals surface area (Å²) in [6.45, 7) is 9.19. The normalized spacial score (nSPS) is 12.9. The predicted molar refractivity (Wildman–Crippen MR) is 93.1 cm³/mol. The summed E-state index contributed by atoms with van der Waals surface area (Å²) in [5.74, 6) is 6.49. The summed E-state index contributed by atoms with van der Waals surface area (Å²) in [7, 11) is 0. The van der Waals surface area contributed by atoms with Gasteiger partial charge in [-0.25, -0.2) is 0 Å². The third-order valence-electron chi connectivity index (χ3n) is 3.08. The second-order valence-electron chi connectivity index (χ2n) is 5.76. The summed E-state index contributed by atoms with van der Waals surface area (Å²) in [5.41, 5.74) is 2.96. The molecule has 1 rings (SSSR count). The standard InChI is InChI=1S/C17H28S2/c1-5-15(4)11-19-13-17-8-6-7-16(9-17)12-18-10-14(2)3/h6-9,14-15H,5,10-13H2,1-4H3. The molecule has 0 N–H and O–H groups in total. The van der Waals surface area contributed by atoms with Crippen molar-refractivity contribution < 1.29 is 0 Å². The highest BCUT2D eigenvalue weighted by atomic mass is 32.2. The molecule has 19 heavy (non-hydrogen) atoms. The molecule has 1 aromatic rings. The average Bonchev–Trinajstić information content (AvgIpc) is 2.38. The van der Waals surface area contributed by atoms with Crippen molar-refractivity contribution in [3.05, 3.63) is 35.4 Å². The Morgan fingerprint density at radius 2 is 1.53 bits per heavy atom. The van der Waals surface area contributed by atoms with Gasteiger partial charge in [0.1, 0.15) is 0 Å². The molecule has 0 nitrogen and oxygen atoms in total. The van der Waals surface area contributed by atoms with Crippen LogP contribution in [0.2, 0.25) is 0 Å². The first kappa shape index (κ1) is 17.0. The fourth-order valence-corrected chi connectivity index (χ4v) is 3.89. The van der Waals surface area contributed by atoms with Gasteiger partial charge < -0.3 is 0 Å². The van der Waals surface area contributed by atoms with Gasteiger partial charge in [0.2, 0.25) is 0 Å². The third-order valence-corrected chi connectivity index (χ3v) is 5.86. The van der Waals surface area contributed by atoms with Crippen LogP contribution in [0.1, 0.15) is 45.2 Å². The first-order chi connectivity index (χ1) is 9.11. The van der Waals surface area contributed by atoms with Crippen LogP contribution in [0.3, 0.4) is 0 Å². The summed E-state index contributed by atoms with van der Waals surface area (Å²) in [4.78, 5) is 0. The molecule has 0 aliphatic carbocycles. The molecule has 0 spiro atoms. The molecular formula is C17H28S2. The van der Waals surface area contributed by atoms with Gasteiger partial charge in [0.05, 0.1) is 0 Å². The van der Waals surface area contributed by atoms with E-state index in [0.717, 1.165) is 23.3 Å². The molecule has 0 aliphatic heterocycles. The molecular weight excluding hydrogens is 268 g/mol. The highest BCUT2D eigenvalue weighted by molar-refractivity contribution is 7.98. The van der Waals surface area contributed by atoms with Crippen LogP contribution in [0.15, 0.2) is 24.3 Å². The molecule has 0 bridgehead atoms. The van der Waals surface area contributed by atoms with E-state index in [1.165, 1.54) is 29.1 Å². The Labute approximate surface area is 128 Å². The van der Waals surface area contributed by atoms with E-state index in [2.05, 4.69) is 63.7 Å². The van der Waals surface area contributed by atoms with Gasteiger partial charge in [-0.05, 0) is 34.5 Å². The lowest BCUT2D eigenvalue weighted by Gasteiger charge is -2.09. The lowest BCUT2D eigenvalue weighted by atomic mass is 10.2. The van der Waals surface area contributed by atoms with Crippen molar-refractivity contribution in [3.8, 4) is 0 Å². The van der Waals surface area contributed by atoms with Gasteiger partial charge >= 0.3 is 0 Å². The quantitative estimate of drug-likeness (QED) is 0.560. The molecule has 2 heteroatoms. The zero-order valence-corrected chi connectivity index (χ0v) is 14.4. The van der Waals surface area contributed by atoms with E-state index in [9.17, 15) is 0 Å². The van der Waals surface area contributed by atoms with Crippen molar-refractivity contribution in [1.29, 1.82) is 0 Å². The number of hydrogen-bond acceptors (Lipinski definition) is 2. The monoisotopic (exact) mass is 296 g/mol. The van der Waals surface area contributed by atoms with Gasteiger partial charge in [-0.2, -0.15) is 23.5 Å². The maximum absolute atomic E-state index is 2.39. The minimum Gasteiger partial charge on any atom is -0.157 e. The summed E-state index contributed by atoms with van der Waals surface area (Å²) in [6.07, 6.45) is 1.29. The van der Waals surface area contributed by atoms with Crippen LogP contribution in [0, 0.1) is 11.8 Å². The Kier molecular flexibility index (Phi) is 8.72. The van der Waals surface area contributed by atoms with Crippen molar-refractivity contribution in [2.24, 2.45) is 11.8 Å². The number of benzene rings is 1. The molecule has 108 valence electrons. The summed E-state index contributed by atoms with van der Waals surface area (Å²) in [6, 6.07) is 9.12. The zero-order chi connectivity index (χ0) is 14.1.